The molecule has 1 aliphatic heterocycles. The van der Waals surface area contributed by atoms with Crippen molar-refractivity contribution in [2.75, 3.05) is 33.3 Å². The molecule has 0 saturated carbocycles. The summed E-state index contributed by atoms with van der Waals surface area (Å²) in [6, 6.07) is 14.6. The summed E-state index contributed by atoms with van der Waals surface area (Å²) in [6.07, 6.45) is 4.83. The Morgan fingerprint density at radius 3 is 2.42 bits per heavy atom. The molecule has 9 heteroatoms. The molecule has 0 bridgehead atoms. The van der Waals surface area contributed by atoms with Gasteiger partial charge in [-0.05, 0) is 58.5 Å². The van der Waals surface area contributed by atoms with Gasteiger partial charge in [-0.25, -0.2) is 4.68 Å². The van der Waals surface area contributed by atoms with Crippen LogP contribution in [-0.4, -0.2) is 75.1 Å². The van der Waals surface area contributed by atoms with Gasteiger partial charge in [0, 0.05) is 37.8 Å². The van der Waals surface area contributed by atoms with Gasteiger partial charge in [0.05, 0.1) is 12.8 Å². The number of hydrogen-bond acceptors (Lipinski definition) is 6. The van der Waals surface area contributed by atoms with Crippen molar-refractivity contribution < 1.29 is 14.3 Å². The van der Waals surface area contributed by atoms with E-state index in [0.717, 1.165) is 17.0 Å². The minimum Gasteiger partial charge on any atom is -0.497 e. The highest BCUT2D eigenvalue weighted by atomic mass is 16.5. The Balaban J connectivity index is 1.32. The van der Waals surface area contributed by atoms with Crippen molar-refractivity contribution in [3.8, 4) is 11.4 Å². The first-order valence-corrected chi connectivity index (χ1v) is 9.88. The molecule has 0 radical (unpaired) electrons. The van der Waals surface area contributed by atoms with Crippen LogP contribution in [0.25, 0.3) is 11.8 Å². The molecule has 2 heterocycles. The molecule has 1 aromatic heterocycles. The molecule has 31 heavy (non-hydrogen) atoms. The van der Waals surface area contributed by atoms with Gasteiger partial charge in [0.25, 0.3) is 5.91 Å². The lowest BCUT2D eigenvalue weighted by molar-refractivity contribution is -0.127. The van der Waals surface area contributed by atoms with E-state index in [4.69, 9.17) is 4.74 Å². The van der Waals surface area contributed by atoms with Gasteiger partial charge in [-0.1, -0.05) is 12.1 Å². The number of piperazine rings is 1. The molecule has 1 aliphatic rings. The number of carbonyl (C=O) groups is 2. The fourth-order valence-electron chi connectivity index (χ4n) is 3.37. The highest BCUT2D eigenvalue weighted by Gasteiger charge is 2.24. The van der Waals surface area contributed by atoms with Crippen LogP contribution in [0.2, 0.25) is 0 Å². The molecule has 3 aromatic rings. The summed E-state index contributed by atoms with van der Waals surface area (Å²) in [5.41, 5.74) is 2.26. The second-order valence-corrected chi connectivity index (χ2v) is 7.03. The van der Waals surface area contributed by atoms with Crippen molar-refractivity contribution >= 4 is 17.9 Å². The summed E-state index contributed by atoms with van der Waals surface area (Å²) in [6.45, 7) is 1.98. The fourth-order valence-corrected chi connectivity index (χ4v) is 3.37. The van der Waals surface area contributed by atoms with Gasteiger partial charge in [0.1, 0.15) is 12.1 Å². The van der Waals surface area contributed by atoms with E-state index in [0.29, 0.717) is 31.7 Å². The highest BCUT2D eigenvalue weighted by Crippen LogP contribution is 2.15. The number of aromatic nitrogens is 4. The molecule has 0 N–H and O–H groups in total. The maximum atomic E-state index is 12.8. The molecular formula is C22H22N6O3. The van der Waals surface area contributed by atoms with Crippen LogP contribution in [0.3, 0.4) is 0 Å². The minimum atomic E-state index is -0.0688. The summed E-state index contributed by atoms with van der Waals surface area (Å²) in [5.74, 6) is 0.621. The Bertz CT molecular complexity index is 1070. The number of ether oxygens (including phenoxy) is 1. The van der Waals surface area contributed by atoms with E-state index in [1.165, 1.54) is 11.0 Å². The molecule has 0 aliphatic carbocycles. The molecule has 0 atom stereocenters. The third-order valence-electron chi connectivity index (χ3n) is 5.12. The summed E-state index contributed by atoms with van der Waals surface area (Å²) in [4.78, 5) is 28.8. The van der Waals surface area contributed by atoms with Crippen LogP contribution in [0, 0.1) is 0 Å². The van der Waals surface area contributed by atoms with Gasteiger partial charge in [-0.15, -0.1) is 5.10 Å². The zero-order chi connectivity index (χ0) is 21.6. The topological polar surface area (TPSA) is 93.5 Å². The van der Waals surface area contributed by atoms with E-state index >= 15 is 0 Å². The first-order valence-electron chi connectivity index (χ1n) is 9.88. The van der Waals surface area contributed by atoms with Crippen molar-refractivity contribution in [2.24, 2.45) is 0 Å². The first-order chi connectivity index (χ1) is 15.1. The Kier molecular flexibility index (Phi) is 6.02. The third kappa shape index (κ3) is 4.77. The van der Waals surface area contributed by atoms with Gasteiger partial charge in [0.15, 0.2) is 0 Å². The van der Waals surface area contributed by atoms with Crippen molar-refractivity contribution in [2.45, 2.75) is 0 Å². The molecule has 2 amide bonds. The van der Waals surface area contributed by atoms with Gasteiger partial charge in [0.2, 0.25) is 5.91 Å². The maximum absolute atomic E-state index is 12.8. The first kappa shape index (κ1) is 20.3. The summed E-state index contributed by atoms with van der Waals surface area (Å²) < 4.78 is 6.72. The van der Waals surface area contributed by atoms with Crippen LogP contribution in [0.4, 0.5) is 0 Å². The number of benzene rings is 2. The maximum Gasteiger partial charge on any atom is 0.253 e. The average Bonchev–Trinajstić information content (AvgIpc) is 3.37. The van der Waals surface area contributed by atoms with Gasteiger partial charge < -0.3 is 14.5 Å². The molecule has 1 saturated heterocycles. The molecule has 2 aromatic carbocycles. The standard InChI is InChI=1S/C22H22N6O3/c1-31-20-4-2-3-17(15-20)5-10-21(29)26-11-13-27(14-12-26)22(30)18-6-8-19(9-7-18)28-16-23-24-25-28/h2-10,15-16H,11-14H2,1H3/b10-5+. The Morgan fingerprint density at radius 1 is 1.00 bits per heavy atom. The number of nitrogens with zero attached hydrogens (tertiary/aromatic N) is 6. The summed E-state index contributed by atoms with van der Waals surface area (Å²) in [7, 11) is 1.61. The van der Waals surface area contributed by atoms with E-state index in [1.807, 2.05) is 24.3 Å². The third-order valence-corrected chi connectivity index (χ3v) is 5.12. The number of carbonyl (C=O) groups excluding carboxylic acids is 2. The SMILES string of the molecule is COc1cccc(/C=C/C(=O)N2CCN(C(=O)c3ccc(-n4cnnn4)cc3)CC2)c1. The zero-order valence-electron chi connectivity index (χ0n) is 17.1. The van der Waals surface area contributed by atoms with E-state index in [-0.39, 0.29) is 11.8 Å². The number of amides is 2. The predicted octanol–water partition coefficient (Wildman–Crippen LogP) is 1.67. The van der Waals surface area contributed by atoms with E-state index in [9.17, 15) is 9.59 Å². The predicted molar refractivity (Wildman–Crippen MR) is 114 cm³/mol. The lowest BCUT2D eigenvalue weighted by Gasteiger charge is -2.34. The van der Waals surface area contributed by atoms with Crippen LogP contribution in [-0.2, 0) is 4.79 Å². The van der Waals surface area contributed by atoms with Crippen molar-refractivity contribution in [1.82, 2.24) is 30.0 Å². The summed E-state index contributed by atoms with van der Waals surface area (Å²) in [5, 5.41) is 11.0. The normalized spacial score (nSPS) is 14.1. The monoisotopic (exact) mass is 418 g/mol. The fraction of sp³-hybridized carbons (Fsp3) is 0.227. The van der Waals surface area contributed by atoms with E-state index in [1.54, 1.807) is 53.3 Å². The Morgan fingerprint density at radius 2 is 1.74 bits per heavy atom. The molecule has 0 unspecified atom stereocenters. The van der Waals surface area contributed by atoms with Crippen molar-refractivity contribution in [3.63, 3.8) is 0 Å². The van der Waals surface area contributed by atoms with Crippen LogP contribution < -0.4 is 4.74 Å². The molecule has 1 fully saturated rings. The van der Waals surface area contributed by atoms with E-state index in [2.05, 4.69) is 15.5 Å². The van der Waals surface area contributed by atoms with Gasteiger partial charge in [-0.3, -0.25) is 9.59 Å². The van der Waals surface area contributed by atoms with Gasteiger partial charge >= 0.3 is 0 Å². The second kappa shape index (κ2) is 9.21. The van der Waals surface area contributed by atoms with Crippen LogP contribution in [0.5, 0.6) is 5.75 Å². The van der Waals surface area contributed by atoms with Crippen molar-refractivity contribution in [1.29, 1.82) is 0 Å². The lowest BCUT2D eigenvalue weighted by atomic mass is 10.1. The average molecular weight is 418 g/mol. The molecule has 0 spiro atoms. The quantitative estimate of drug-likeness (QED) is 0.585. The van der Waals surface area contributed by atoms with Crippen molar-refractivity contribution in [3.05, 3.63) is 72.1 Å². The number of tetrazole rings is 1. The van der Waals surface area contributed by atoms with Crippen LogP contribution in [0.1, 0.15) is 15.9 Å². The number of hydrogen-bond donors (Lipinski definition) is 0. The van der Waals surface area contributed by atoms with E-state index < -0.39 is 0 Å². The Labute approximate surface area is 179 Å². The smallest absolute Gasteiger partial charge is 0.253 e. The van der Waals surface area contributed by atoms with Crippen LogP contribution >= 0.6 is 0 Å². The van der Waals surface area contributed by atoms with Gasteiger partial charge in [-0.2, -0.15) is 0 Å². The number of rotatable bonds is 5. The number of methoxy groups -OCH3 is 1. The highest BCUT2D eigenvalue weighted by molar-refractivity contribution is 5.95. The molecule has 9 nitrogen and oxygen atoms in total. The largest absolute Gasteiger partial charge is 0.497 e. The van der Waals surface area contributed by atoms with Crippen LogP contribution in [0.15, 0.2) is 60.9 Å². The zero-order valence-corrected chi connectivity index (χ0v) is 17.1. The Hall–Kier alpha value is -4.01. The second-order valence-electron chi connectivity index (χ2n) is 7.03. The molecular weight excluding hydrogens is 396 g/mol. The lowest BCUT2D eigenvalue weighted by Crippen LogP contribution is -2.50. The minimum absolute atomic E-state index is 0.0534. The summed E-state index contributed by atoms with van der Waals surface area (Å²) >= 11 is 0. The molecule has 158 valence electrons. The molecule has 4 rings (SSSR count).